The molecule has 1 unspecified atom stereocenters. The summed E-state index contributed by atoms with van der Waals surface area (Å²) in [4.78, 5) is 23.4. The van der Waals surface area contributed by atoms with Gasteiger partial charge in [-0.25, -0.2) is 4.79 Å². The summed E-state index contributed by atoms with van der Waals surface area (Å²) in [7, 11) is 1.37. The van der Waals surface area contributed by atoms with Crippen molar-refractivity contribution >= 4 is 11.9 Å². The highest BCUT2D eigenvalue weighted by Gasteiger charge is 2.17. The van der Waals surface area contributed by atoms with E-state index in [9.17, 15) is 9.59 Å². The Balaban J connectivity index is 1.47. The van der Waals surface area contributed by atoms with Gasteiger partial charge in [0.05, 0.1) is 0 Å². The van der Waals surface area contributed by atoms with Gasteiger partial charge in [-0.2, -0.15) is 0 Å². The van der Waals surface area contributed by atoms with Crippen LogP contribution in [0, 0.1) is 0 Å². The second kappa shape index (κ2) is 12.4. The number of nitrogens with one attached hydrogen (secondary N) is 1. The van der Waals surface area contributed by atoms with E-state index in [0.717, 1.165) is 12.0 Å². The van der Waals surface area contributed by atoms with Crippen LogP contribution < -0.4 is 10.1 Å². The fraction of sp³-hybridized carbons (Fsp3) is 0.259. The number of methoxy groups -OCH3 is 1. The van der Waals surface area contributed by atoms with Gasteiger partial charge in [0.2, 0.25) is 0 Å². The van der Waals surface area contributed by atoms with E-state index in [2.05, 4.69) is 29.6 Å². The monoisotopic (exact) mass is 447 g/mol. The molecule has 0 saturated carbocycles. The number of ether oxygens (including phenoxy) is 2. The summed E-state index contributed by atoms with van der Waals surface area (Å²) in [6.45, 7) is 0.444. The Labute approximate surface area is 194 Å². The Morgan fingerprint density at radius 2 is 1.45 bits per heavy atom. The molecule has 0 aromatic heterocycles. The number of hydrogen-bond donors (Lipinski definition) is 2. The van der Waals surface area contributed by atoms with Crippen molar-refractivity contribution in [2.45, 2.75) is 24.9 Å². The zero-order valence-electron chi connectivity index (χ0n) is 18.6. The number of carbonyl (C=O) groups is 2. The van der Waals surface area contributed by atoms with Crippen LogP contribution in [0.4, 0.5) is 0 Å². The van der Waals surface area contributed by atoms with Crippen molar-refractivity contribution in [1.29, 1.82) is 0 Å². The summed E-state index contributed by atoms with van der Waals surface area (Å²) in [5.74, 6) is -0.451. The Kier molecular flexibility index (Phi) is 9.03. The fourth-order valence-electron chi connectivity index (χ4n) is 3.66. The predicted molar refractivity (Wildman–Crippen MR) is 126 cm³/mol. The Bertz CT molecular complexity index is 966. The lowest BCUT2D eigenvalue weighted by Gasteiger charge is -2.18. The molecule has 3 aromatic carbocycles. The highest BCUT2D eigenvalue weighted by molar-refractivity contribution is 5.77. The maximum absolute atomic E-state index is 12.3. The highest BCUT2D eigenvalue weighted by Crippen LogP contribution is 2.27. The zero-order valence-corrected chi connectivity index (χ0v) is 18.6. The Morgan fingerprint density at radius 3 is 1.97 bits per heavy atom. The van der Waals surface area contributed by atoms with Crippen LogP contribution in [0.1, 0.15) is 29.0 Å². The van der Waals surface area contributed by atoms with Crippen LogP contribution in [0.15, 0.2) is 84.9 Å². The molecular formula is C27H29NO5. The number of amides is 1. The molecule has 1 amide bonds. The normalized spacial score (nSPS) is 11.7. The second-order valence-corrected chi connectivity index (χ2v) is 7.71. The van der Waals surface area contributed by atoms with E-state index in [1.807, 2.05) is 36.4 Å². The Morgan fingerprint density at radius 1 is 0.879 bits per heavy atom. The van der Waals surface area contributed by atoms with Crippen molar-refractivity contribution in [3.05, 3.63) is 102 Å². The fourth-order valence-corrected chi connectivity index (χ4v) is 3.66. The lowest BCUT2D eigenvalue weighted by Crippen LogP contribution is -2.30. The molecule has 0 radical (unpaired) electrons. The minimum atomic E-state index is -1.00. The number of carboxylic acids is 1. The van der Waals surface area contributed by atoms with Crippen molar-refractivity contribution in [2.24, 2.45) is 0 Å². The van der Waals surface area contributed by atoms with Gasteiger partial charge < -0.3 is 19.9 Å². The summed E-state index contributed by atoms with van der Waals surface area (Å²) >= 11 is 0. The second-order valence-electron chi connectivity index (χ2n) is 7.71. The topological polar surface area (TPSA) is 84.9 Å². The third-order valence-corrected chi connectivity index (χ3v) is 5.43. The summed E-state index contributed by atoms with van der Waals surface area (Å²) in [6, 6.07) is 27.5. The molecule has 0 fully saturated rings. The first-order valence-electron chi connectivity index (χ1n) is 10.9. The van der Waals surface area contributed by atoms with Crippen molar-refractivity contribution in [1.82, 2.24) is 5.32 Å². The molecule has 2 N–H and O–H groups in total. The van der Waals surface area contributed by atoms with Crippen LogP contribution in [0.5, 0.6) is 5.75 Å². The first-order valence-corrected chi connectivity index (χ1v) is 10.9. The highest BCUT2D eigenvalue weighted by atomic mass is 16.5. The van der Waals surface area contributed by atoms with Gasteiger partial charge in [0.25, 0.3) is 5.91 Å². The van der Waals surface area contributed by atoms with Crippen molar-refractivity contribution in [3.63, 3.8) is 0 Å². The number of benzene rings is 3. The number of carbonyl (C=O) groups excluding carboxylic acids is 1. The molecule has 0 spiro atoms. The molecular weight excluding hydrogens is 418 g/mol. The van der Waals surface area contributed by atoms with Gasteiger partial charge in [-0.05, 0) is 35.2 Å². The maximum atomic E-state index is 12.3. The van der Waals surface area contributed by atoms with Crippen LogP contribution in [-0.4, -0.2) is 43.3 Å². The maximum Gasteiger partial charge on any atom is 0.333 e. The smallest absolute Gasteiger partial charge is 0.333 e. The van der Waals surface area contributed by atoms with Crippen LogP contribution in [0.2, 0.25) is 0 Å². The molecule has 3 rings (SSSR count). The first-order chi connectivity index (χ1) is 16.1. The molecule has 0 aliphatic rings. The van der Waals surface area contributed by atoms with Crippen LogP contribution in [0.25, 0.3) is 0 Å². The van der Waals surface area contributed by atoms with E-state index in [4.69, 9.17) is 14.6 Å². The molecule has 0 aliphatic heterocycles. The summed E-state index contributed by atoms with van der Waals surface area (Å²) < 4.78 is 10.5. The minimum Gasteiger partial charge on any atom is -0.484 e. The average Bonchev–Trinajstić information content (AvgIpc) is 2.85. The molecule has 6 heteroatoms. The molecule has 3 aromatic rings. The lowest BCUT2D eigenvalue weighted by molar-refractivity contribution is -0.148. The quantitative estimate of drug-likeness (QED) is 0.438. The summed E-state index contributed by atoms with van der Waals surface area (Å²) in [5.41, 5.74) is 3.25. The van der Waals surface area contributed by atoms with Gasteiger partial charge in [-0.3, -0.25) is 4.79 Å². The van der Waals surface area contributed by atoms with Gasteiger partial charge >= 0.3 is 5.97 Å². The summed E-state index contributed by atoms with van der Waals surface area (Å²) in [6.07, 6.45) is 0.146. The average molecular weight is 448 g/mol. The van der Waals surface area contributed by atoms with E-state index in [-0.39, 0.29) is 24.9 Å². The van der Waals surface area contributed by atoms with Crippen molar-refractivity contribution in [2.75, 3.05) is 20.3 Å². The molecule has 172 valence electrons. The Hall–Kier alpha value is -3.64. The van der Waals surface area contributed by atoms with E-state index in [1.165, 1.54) is 18.2 Å². The van der Waals surface area contributed by atoms with Crippen LogP contribution in [-0.2, 0) is 20.7 Å². The molecule has 6 nitrogen and oxygen atoms in total. The number of hydrogen-bond acceptors (Lipinski definition) is 4. The first kappa shape index (κ1) is 24.0. The van der Waals surface area contributed by atoms with Crippen LogP contribution >= 0.6 is 0 Å². The number of rotatable bonds is 12. The largest absolute Gasteiger partial charge is 0.484 e. The van der Waals surface area contributed by atoms with Gasteiger partial charge in [0, 0.05) is 26.0 Å². The minimum absolute atomic E-state index is 0.0868. The molecule has 33 heavy (non-hydrogen) atoms. The third kappa shape index (κ3) is 7.47. The lowest BCUT2D eigenvalue weighted by atomic mass is 9.88. The predicted octanol–water partition coefficient (Wildman–Crippen LogP) is 4.05. The standard InChI is InChI=1S/C27H29NO5/c1-32-25(27(30)31)18-20-12-14-23(15-13-20)33-19-26(29)28-17-16-24(21-8-4-2-5-9-21)22-10-6-3-7-11-22/h2-15,24-25H,16-19H2,1H3,(H,28,29)(H,30,31). The summed E-state index contributed by atoms with van der Waals surface area (Å²) in [5, 5.41) is 12.0. The number of carboxylic acid groups (broad SMARTS) is 1. The van der Waals surface area contributed by atoms with Gasteiger partial charge in [-0.1, -0.05) is 72.8 Å². The van der Waals surface area contributed by atoms with E-state index >= 15 is 0 Å². The molecule has 0 bridgehead atoms. The van der Waals surface area contributed by atoms with Crippen LogP contribution in [0.3, 0.4) is 0 Å². The molecule has 1 atom stereocenters. The molecule has 0 aliphatic carbocycles. The van der Waals surface area contributed by atoms with Gasteiger partial charge in [0.15, 0.2) is 12.7 Å². The van der Waals surface area contributed by atoms with Gasteiger partial charge in [-0.15, -0.1) is 0 Å². The van der Waals surface area contributed by atoms with E-state index < -0.39 is 12.1 Å². The number of aliphatic carboxylic acids is 1. The van der Waals surface area contributed by atoms with Gasteiger partial charge in [0.1, 0.15) is 5.75 Å². The van der Waals surface area contributed by atoms with Crippen molar-refractivity contribution < 1.29 is 24.2 Å². The van der Waals surface area contributed by atoms with Crippen molar-refractivity contribution in [3.8, 4) is 5.75 Å². The SMILES string of the molecule is COC(Cc1ccc(OCC(=O)NCCC(c2ccccc2)c2ccccc2)cc1)C(=O)O. The molecule has 0 heterocycles. The zero-order chi connectivity index (χ0) is 23.5. The molecule has 0 saturated heterocycles. The third-order valence-electron chi connectivity index (χ3n) is 5.43. The van der Waals surface area contributed by atoms with E-state index in [1.54, 1.807) is 24.3 Å². The van der Waals surface area contributed by atoms with E-state index in [0.29, 0.717) is 12.3 Å².